The minimum atomic E-state index is -4.44. The van der Waals surface area contributed by atoms with Gasteiger partial charge in [-0.15, -0.1) is 0 Å². The van der Waals surface area contributed by atoms with Crippen molar-refractivity contribution in [3.8, 4) is 22.9 Å². The van der Waals surface area contributed by atoms with Gasteiger partial charge in [-0.1, -0.05) is 35.3 Å². The van der Waals surface area contributed by atoms with Gasteiger partial charge in [-0.25, -0.2) is 22.8 Å². The molecule has 4 aromatic rings. The number of nitrogens with zero attached hydrogens (tertiary/aromatic N) is 4. The summed E-state index contributed by atoms with van der Waals surface area (Å²) in [7, 11) is -1.41. The molecular formula is C21H14Cl2FN5O3S. The number of rotatable bonds is 5. The molecule has 2 heterocycles. The van der Waals surface area contributed by atoms with E-state index in [-0.39, 0.29) is 27.2 Å². The number of fused-ring (bicyclic) bond motifs is 1. The maximum atomic E-state index is 14.5. The Kier molecular flexibility index (Phi) is 5.88. The Morgan fingerprint density at radius 2 is 1.97 bits per heavy atom. The second kappa shape index (κ2) is 8.51. The molecule has 0 bridgehead atoms. The van der Waals surface area contributed by atoms with Crippen LogP contribution >= 0.6 is 23.2 Å². The molecule has 2 aromatic heterocycles. The number of ether oxygens (including phenoxy) is 1. The molecular weight excluding hydrogens is 492 g/mol. The van der Waals surface area contributed by atoms with Crippen LogP contribution in [0.2, 0.25) is 10.2 Å². The van der Waals surface area contributed by atoms with Gasteiger partial charge in [0.15, 0.2) is 0 Å². The van der Waals surface area contributed by atoms with Crippen molar-refractivity contribution in [3.05, 3.63) is 64.4 Å². The Morgan fingerprint density at radius 1 is 1.21 bits per heavy atom. The minimum Gasteiger partial charge on any atom is -0.495 e. The number of anilines is 1. The number of methoxy groups -OCH3 is 1. The number of hydrogen-bond donors (Lipinski definition) is 1. The fourth-order valence-electron chi connectivity index (χ4n) is 3.43. The van der Waals surface area contributed by atoms with Crippen molar-refractivity contribution in [2.75, 3.05) is 11.8 Å². The van der Waals surface area contributed by atoms with Crippen LogP contribution in [0, 0.1) is 17.1 Å². The van der Waals surface area contributed by atoms with Crippen molar-refractivity contribution < 1.29 is 17.5 Å². The largest absolute Gasteiger partial charge is 0.495 e. The Hall–Kier alpha value is -3.39. The molecule has 0 aliphatic heterocycles. The van der Waals surface area contributed by atoms with Crippen LogP contribution in [0.1, 0.15) is 5.56 Å². The maximum absolute atomic E-state index is 14.5. The van der Waals surface area contributed by atoms with Gasteiger partial charge in [0.1, 0.15) is 39.7 Å². The first-order valence-corrected chi connectivity index (χ1v) is 11.5. The van der Waals surface area contributed by atoms with Gasteiger partial charge in [0.05, 0.1) is 28.8 Å². The topological polar surface area (TPSA) is 110 Å². The van der Waals surface area contributed by atoms with Gasteiger partial charge < -0.3 is 9.30 Å². The summed E-state index contributed by atoms with van der Waals surface area (Å²) in [5.41, 5.74) is 1.43. The number of sulfonamides is 1. The van der Waals surface area contributed by atoms with Crippen molar-refractivity contribution in [2.24, 2.45) is 7.05 Å². The fraction of sp³-hybridized carbons (Fsp3) is 0.0952. The molecule has 0 fully saturated rings. The predicted octanol–water partition coefficient (Wildman–Crippen LogP) is 4.76. The van der Waals surface area contributed by atoms with E-state index in [1.165, 1.54) is 19.5 Å². The lowest BCUT2D eigenvalue weighted by molar-refractivity contribution is 0.410. The summed E-state index contributed by atoms with van der Waals surface area (Å²) in [6, 6.07) is 8.42. The Balaban J connectivity index is 1.85. The van der Waals surface area contributed by atoms with E-state index >= 15 is 0 Å². The number of nitrogens with one attached hydrogen (secondary N) is 1. The second-order valence-corrected chi connectivity index (χ2v) is 9.30. The quantitative estimate of drug-likeness (QED) is 0.391. The van der Waals surface area contributed by atoms with E-state index in [0.29, 0.717) is 22.2 Å². The average Bonchev–Trinajstić information content (AvgIpc) is 3.12. The highest BCUT2D eigenvalue weighted by Gasteiger charge is 2.25. The zero-order chi connectivity index (χ0) is 23.9. The van der Waals surface area contributed by atoms with Gasteiger partial charge in [0.2, 0.25) is 0 Å². The normalized spacial score (nSPS) is 11.4. The van der Waals surface area contributed by atoms with Crippen LogP contribution in [0.25, 0.3) is 22.2 Å². The first-order valence-electron chi connectivity index (χ1n) is 9.22. The lowest BCUT2D eigenvalue weighted by atomic mass is 9.99. The molecule has 4 rings (SSSR count). The third-order valence-electron chi connectivity index (χ3n) is 4.91. The predicted molar refractivity (Wildman–Crippen MR) is 122 cm³/mol. The van der Waals surface area contributed by atoms with Gasteiger partial charge in [0, 0.05) is 30.4 Å². The SMILES string of the molecule is COc1cc(F)c(S(=O)(=O)Nc2cccc(-c3cn(C)c4ncnc(Cl)c34)c2C#N)cc1Cl. The fourth-order valence-corrected chi connectivity index (χ4v) is 5.13. The van der Waals surface area contributed by atoms with Crippen molar-refractivity contribution >= 4 is 49.9 Å². The van der Waals surface area contributed by atoms with Crippen molar-refractivity contribution in [1.29, 1.82) is 5.26 Å². The summed E-state index contributed by atoms with van der Waals surface area (Å²) in [6.45, 7) is 0. The molecule has 2 aromatic carbocycles. The summed E-state index contributed by atoms with van der Waals surface area (Å²) >= 11 is 12.3. The molecule has 0 unspecified atom stereocenters. The molecule has 168 valence electrons. The van der Waals surface area contributed by atoms with E-state index in [1.54, 1.807) is 29.9 Å². The number of hydrogen-bond acceptors (Lipinski definition) is 6. The highest BCUT2D eigenvalue weighted by Crippen LogP contribution is 2.38. The molecule has 33 heavy (non-hydrogen) atoms. The highest BCUT2D eigenvalue weighted by atomic mass is 35.5. The zero-order valence-corrected chi connectivity index (χ0v) is 19.4. The molecule has 0 aliphatic rings. The van der Waals surface area contributed by atoms with Gasteiger partial charge in [-0.3, -0.25) is 4.72 Å². The first kappa shape index (κ1) is 22.8. The molecule has 0 spiro atoms. The van der Waals surface area contributed by atoms with Crippen LogP contribution < -0.4 is 9.46 Å². The van der Waals surface area contributed by atoms with E-state index < -0.39 is 20.7 Å². The zero-order valence-electron chi connectivity index (χ0n) is 17.1. The van der Waals surface area contributed by atoms with Crippen LogP contribution in [0.3, 0.4) is 0 Å². The van der Waals surface area contributed by atoms with E-state index in [0.717, 1.165) is 12.1 Å². The maximum Gasteiger partial charge on any atom is 0.264 e. The highest BCUT2D eigenvalue weighted by molar-refractivity contribution is 7.92. The third kappa shape index (κ3) is 3.95. The Morgan fingerprint density at radius 3 is 2.67 bits per heavy atom. The van der Waals surface area contributed by atoms with Crippen molar-refractivity contribution in [2.45, 2.75) is 4.90 Å². The third-order valence-corrected chi connectivity index (χ3v) is 6.88. The van der Waals surface area contributed by atoms with E-state index in [4.69, 9.17) is 27.9 Å². The summed E-state index contributed by atoms with van der Waals surface area (Å²) < 4.78 is 49.3. The molecule has 0 amide bonds. The molecule has 0 atom stereocenters. The van der Waals surface area contributed by atoms with Gasteiger partial charge in [0.25, 0.3) is 10.0 Å². The summed E-state index contributed by atoms with van der Waals surface area (Å²) in [6.07, 6.45) is 3.03. The van der Waals surface area contributed by atoms with Gasteiger partial charge in [-0.05, 0) is 12.1 Å². The minimum absolute atomic E-state index is 0.00788. The summed E-state index contributed by atoms with van der Waals surface area (Å²) in [5.74, 6) is -1.07. The number of aryl methyl sites for hydroxylation is 1. The standard InChI is InChI=1S/C21H14Cl2FN5O3S/c1-29-9-13(19-20(23)26-10-27-21(19)29)11-4-3-5-16(12(11)8-25)28-33(30,31)18-6-14(22)17(32-2)7-15(18)24/h3-7,9-10,28H,1-2H3. The molecule has 12 heteroatoms. The van der Waals surface area contributed by atoms with Crippen LogP contribution in [-0.4, -0.2) is 30.1 Å². The lowest BCUT2D eigenvalue weighted by Gasteiger charge is -2.14. The van der Waals surface area contributed by atoms with E-state index in [2.05, 4.69) is 14.7 Å². The number of halogens is 3. The second-order valence-electron chi connectivity index (χ2n) is 6.88. The van der Waals surface area contributed by atoms with Crippen molar-refractivity contribution in [1.82, 2.24) is 14.5 Å². The van der Waals surface area contributed by atoms with Crippen LogP contribution in [0.5, 0.6) is 5.75 Å². The van der Waals surface area contributed by atoms with Crippen LogP contribution in [-0.2, 0) is 17.1 Å². The smallest absolute Gasteiger partial charge is 0.264 e. The molecule has 8 nitrogen and oxygen atoms in total. The summed E-state index contributed by atoms with van der Waals surface area (Å²) in [4.78, 5) is 7.51. The lowest BCUT2D eigenvalue weighted by Crippen LogP contribution is -2.16. The number of nitriles is 1. The molecule has 0 radical (unpaired) electrons. The van der Waals surface area contributed by atoms with Crippen LogP contribution in [0.4, 0.5) is 10.1 Å². The molecule has 0 saturated heterocycles. The average molecular weight is 506 g/mol. The Labute approximate surface area is 198 Å². The van der Waals surface area contributed by atoms with Gasteiger partial charge >= 0.3 is 0 Å². The Bertz CT molecular complexity index is 1560. The molecule has 0 aliphatic carbocycles. The first-order chi connectivity index (χ1) is 15.7. The van der Waals surface area contributed by atoms with Crippen LogP contribution in [0.15, 0.2) is 47.8 Å². The molecule has 0 saturated carbocycles. The number of benzene rings is 2. The monoisotopic (exact) mass is 505 g/mol. The van der Waals surface area contributed by atoms with Crippen molar-refractivity contribution in [3.63, 3.8) is 0 Å². The van der Waals surface area contributed by atoms with E-state index in [9.17, 15) is 18.1 Å². The summed E-state index contributed by atoms with van der Waals surface area (Å²) in [5, 5.41) is 10.5. The van der Waals surface area contributed by atoms with Gasteiger partial charge in [-0.2, -0.15) is 5.26 Å². The number of aromatic nitrogens is 3. The molecule has 1 N–H and O–H groups in total. The van der Waals surface area contributed by atoms with E-state index in [1.807, 2.05) is 6.07 Å².